The average Bonchev–Trinajstić information content (AvgIpc) is 2.08. The van der Waals surface area contributed by atoms with Gasteiger partial charge in [-0.05, 0) is 5.41 Å². The lowest BCUT2D eigenvalue weighted by molar-refractivity contribution is 0.161. The number of aliphatic hydroxyl groups is 1. The van der Waals surface area contributed by atoms with E-state index in [4.69, 9.17) is 5.11 Å². The van der Waals surface area contributed by atoms with Gasteiger partial charge >= 0.3 is 0 Å². The van der Waals surface area contributed by atoms with E-state index in [1.54, 1.807) is 0 Å². The zero-order valence-corrected chi connectivity index (χ0v) is 6.15. The topological polar surface area (TPSA) is 32.3 Å². The van der Waals surface area contributed by atoms with E-state index in [2.05, 4.69) is 19.2 Å². The largest absolute Gasteiger partial charge is 0.396 e. The van der Waals surface area contributed by atoms with Crippen molar-refractivity contribution in [3.8, 4) is 0 Å². The van der Waals surface area contributed by atoms with Crippen LogP contribution in [0.4, 0.5) is 0 Å². The highest BCUT2D eigenvalue weighted by molar-refractivity contribution is 4.87. The lowest BCUT2D eigenvalue weighted by Gasteiger charge is -2.23. The molecule has 1 heterocycles. The van der Waals surface area contributed by atoms with Crippen LogP contribution in [0.1, 0.15) is 13.8 Å². The molecule has 1 aliphatic heterocycles. The van der Waals surface area contributed by atoms with Gasteiger partial charge < -0.3 is 10.4 Å². The van der Waals surface area contributed by atoms with Crippen molar-refractivity contribution in [1.82, 2.24) is 5.32 Å². The molecule has 2 N–H and O–H groups in total. The molecular formula is C7H15NO. The molecule has 0 unspecified atom stereocenters. The standard InChI is InChI=1S/C7H15NO/c1-7(2)5-8-3-6(7)4-9/h6,8-9H,3-5H2,1-2H3/t6-/m0/s1. The smallest absolute Gasteiger partial charge is 0.0477 e. The normalized spacial score (nSPS) is 33.0. The van der Waals surface area contributed by atoms with Gasteiger partial charge in [0.2, 0.25) is 0 Å². The van der Waals surface area contributed by atoms with Crippen LogP contribution in [0, 0.1) is 11.3 Å². The van der Waals surface area contributed by atoms with Crippen LogP contribution < -0.4 is 5.32 Å². The molecule has 1 fully saturated rings. The van der Waals surface area contributed by atoms with E-state index < -0.39 is 0 Å². The van der Waals surface area contributed by atoms with Crippen LogP contribution in [0.2, 0.25) is 0 Å². The Bertz CT molecular complexity index is 101. The SMILES string of the molecule is CC1(C)CNC[C@H]1CO. The van der Waals surface area contributed by atoms with Gasteiger partial charge in [-0.3, -0.25) is 0 Å². The Balaban J connectivity index is 2.52. The van der Waals surface area contributed by atoms with Crippen molar-refractivity contribution < 1.29 is 5.11 Å². The quantitative estimate of drug-likeness (QED) is 0.531. The highest BCUT2D eigenvalue weighted by atomic mass is 16.3. The first kappa shape index (κ1) is 7.03. The third-order valence-electron chi connectivity index (χ3n) is 2.30. The van der Waals surface area contributed by atoms with E-state index in [1.165, 1.54) is 0 Å². The van der Waals surface area contributed by atoms with Gasteiger partial charge in [-0.15, -0.1) is 0 Å². The first-order valence-electron chi connectivity index (χ1n) is 3.48. The molecular weight excluding hydrogens is 114 g/mol. The number of hydrogen-bond acceptors (Lipinski definition) is 2. The summed E-state index contributed by atoms with van der Waals surface area (Å²) in [5.74, 6) is 0.456. The van der Waals surface area contributed by atoms with Crippen LogP contribution >= 0.6 is 0 Å². The average molecular weight is 129 g/mol. The van der Waals surface area contributed by atoms with Crippen LogP contribution in [-0.4, -0.2) is 24.8 Å². The van der Waals surface area contributed by atoms with Crippen LogP contribution in [0.5, 0.6) is 0 Å². The summed E-state index contributed by atoms with van der Waals surface area (Å²) in [7, 11) is 0. The van der Waals surface area contributed by atoms with E-state index >= 15 is 0 Å². The number of aliphatic hydroxyl groups excluding tert-OH is 1. The highest BCUT2D eigenvalue weighted by Gasteiger charge is 2.33. The van der Waals surface area contributed by atoms with Crippen molar-refractivity contribution in [3.63, 3.8) is 0 Å². The Hall–Kier alpha value is -0.0800. The van der Waals surface area contributed by atoms with Crippen molar-refractivity contribution in [2.75, 3.05) is 19.7 Å². The minimum atomic E-state index is 0.300. The van der Waals surface area contributed by atoms with Gasteiger partial charge in [-0.1, -0.05) is 13.8 Å². The summed E-state index contributed by atoms with van der Waals surface area (Å²) in [6, 6.07) is 0. The van der Waals surface area contributed by atoms with E-state index in [0.717, 1.165) is 13.1 Å². The zero-order chi connectivity index (χ0) is 6.91. The molecule has 0 bridgehead atoms. The maximum atomic E-state index is 8.86. The second-order valence-electron chi connectivity index (χ2n) is 3.50. The zero-order valence-electron chi connectivity index (χ0n) is 6.15. The summed E-state index contributed by atoms with van der Waals surface area (Å²) >= 11 is 0. The fraction of sp³-hybridized carbons (Fsp3) is 1.00. The minimum Gasteiger partial charge on any atom is -0.396 e. The molecule has 0 radical (unpaired) electrons. The molecule has 0 aromatic heterocycles. The van der Waals surface area contributed by atoms with Crippen LogP contribution in [0.25, 0.3) is 0 Å². The molecule has 0 aromatic carbocycles. The maximum Gasteiger partial charge on any atom is 0.0477 e. The summed E-state index contributed by atoms with van der Waals surface area (Å²) in [6.07, 6.45) is 0. The summed E-state index contributed by atoms with van der Waals surface area (Å²) in [4.78, 5) is 0. The molecule has 1 atom stereocenters. The van der Waals surface area contributed by atoms with Gasteiger partial charge in [-0.25, -0.2) is 0 Å². The number of nitrogens with one attached hydrogen (secondary N) is 1. The Labute approximate surface area is 56.3 Å². The van der Waals surface area contributed by atoms with Gasteiger partial charge in [0.05, 0.1) is 0 Å². The molecule has 1 aliphatic rings. The second kappa shape index (κ2) is 2.27. The van der Waals surface area contributed by atoms with Gasteiger partial charge in [0, 0.05) is 25.6 Å². The molecule has 0 aromatic rings. The second-order valence-corrected chi connectivity index (χ2v) is 3.50. The Morgan fingerprint density at radius 3 is 2.56 bits per heavy atom. The number of hydrogen-bond donors (Lipinski definition) is 2. The monoisotopic (exact) mass is 129 g/mol. The molecule has 9 heavy (non-hydrogen) atoms. The first-order chi connectivity index (χ1) is 4.17. The number of rotatable bonds is 1. The molecule has 2 nitrogen and oxygen atoms in total. The Kier molecular flexibility index (Phi) is 1.78. The highest BCUT2D eigenvalue weighted by Crippen LogP contribution is 2.29. The summed E-state index contributed by atoms with van der Waals surface area (Å²) in [5, 5.41) is 12.1. The molecule has 1 saturated heterocycles. The van der Waals surface area contributed by atoms with E-state index in [1.807, 2.05) is 0 Å². The Morgan fingerprint density at radius 1 is 1.67 bits per heavy atom. The van der Waals surface area contributed by atoms with Crippen molar-refractivity contribution in [3.05, 3.63) is 0 Å². The van der Waals surface area contributed by atoms with Gasteiger partial charge in [0.15, 0.2) is 0 Å². The third-order valence-corrected chi connectivity index (χ3v) is 2.30. The van der Waals surface area contributed by atoms with E-state index in [0.29, 0.717) is 17.9 Å². The predicted octanol–water partition coefficient (Wildman–Crippen LogP) is 0.224. The molecule has 1 rings (SSSR count). The van der Waals surface area contributed by atoms with Crippen LogP contribution in [0.3, 0.4) is 0 Å². The summed E-state index contributed by atoms with van der Waals surface area (Å²) < 4.78 is 0. The Morgan fingerprint density at radius 2 is 2.33 bits per heavy atom. The summed E-state index contributed by atoms with van der Waals surface area (Å²) in [5.41, 5.74) is 0.300. The molecule has 0 aliphatic carbocycles. The van der Waals surface area contributed by atoms with Gasteiger partial charge in [0.1, 0.15) is 0 Å². The molecule has 0 spiro atoms. The lowest BCUT2D eigenvalue weighted by Crippen LogP contribution is -2.24. The third kappa shape index (κ3) is 1.25. The minimum absolute atomic E-state index is 0.300. The van der Waals surface area contributed by atoms with Crippen LogP contribution in [-0.2, 0) is 0 Å². The summed E-state index contributed by atoms with van der Waals surface area (Å²) in [6.45, 7) is 6.71. The van der Waals surface area contributed by atoms with Crippen molar-refractivity contribution in [1.29, 1.82) is 0 Å². The predicted molar refractivity (Wildman–Crippen MR) is 37.2 cm³/mol. The van der Waals surface area contributed by atoms with E-state index in [-0.39, 0.29) is 0 Å². The molecule has 0 amide bonds. The molecule has 2 heteroatoms. The lowest BCUT2D eigenvalue weighted by atomic mass is 9.83. The molecule has 54 valence electrons. The fourth-order valence-electron chi connectivity index (χ4n) is 1.30. The fourth-order valence-corrected chi connectivity index (χ4v) is 1.30. The molecule has 0 saturated carbocycles. The maximum absolute atomic E-state index is 8.86. The van der Waals surface area contributed by atoms with Gasteiger partial charge in [-0.2, -0.15) is 0 Å². The van der Waals surface area contributed by atoms with Crippen molar-refractivity contribution in [2.24, 2.45) is 11.3 Å². The van der Waals surface area contributed by atoms with Crippen LogP contribution in [0.15, 0.2) is 0 Å². The van der Waals surface area contributed by atoms with E-state index in [9.17, 15) is 0 Å². The van der Waals surface area contributed by atoms with Gasteiger partial charge in [0.25, 0.3) is 0 Å². The van der Waals surface area contributed by atoms with Crippen molar-refractivity contribution in [2.45, 2.75) is 13.8 Å². The van der Waals surface area contributed by atoms with Crippen molar-refractivity contribution >= 4 is 0 Å². The first-order valence-corrected chi connectivity index (χ1v) is 3.48.